The number of rotatable bonds is 6. The van der Waals surface area contributed by atoms with E-state index < -0.39 is 11.9 Å². The molecule has 1 aromatic carbocycles. The summed E-state index contributed by atoms with van der Waals surface area (Å²) in [6, 6.07) is 6.85. The third-order valence-corrected chi connectivity index (χ3v) is 2.90. The quantitative estimate of drug-likeness (QED) is 0.667. The molecule has 0 radical (unpaired) electrons. The van der Waals surface area contributed by atoms with E-state index in [2.05, 4.69) is 5.32 Å². The molecule has 0 spiro atoms. The van der Waals surface area contributed by atoms with Crippen LogP contribution in [-0.2, 0) is 16.1 Å². The topological polar surface area (TPSA) is 101 Å². The average molecular weight is 264 g/mol. The Morgan fingerprint density at radius 2 is 1.89 bits per heavy atom. The number of hydrogen-bond donors (Lipinski definition) is 3. The summed E-state index contributed by atoms with van der Waals surface area (Å²) in [6.45, 7) is 2.22. The second-order valence-corrected chi connectivity index (χ2v) is 4.45. The summed E-state index contributed by atoms with van der Waals surface area (Å²) < 4.78 is 0. The van der Waals surface area contributed by atoms with E-state index in [-0.39, 0.29) is 12.5 Å². The van der Waals surface area contributed by atoms with Crippen molar-refractivity contribution >= 4 is 17.5 Å². The van der Waals surface area contributed by atoms with Crippen molar-refractivity contribution < 1.29 is 9.59 Å². The van der Waals surface area contributed by atoms with Crippen LogP contribution < -0.4 is 16.8 Å². The van der Waals surface area contributed by atoms with Crippen molar-refractivity contribution in [3.8, 4) is 0 Å². The lowest BCUT2D eigenvalue weighted by Gasteiger charge is -2.22. The van der Waals surface area contributed by atoms with Gasteiger partial charge in [0.05, 0.1) is 12.6 Å². The number of primary amides is 1. The minimum Gasteiger partial charge on any atom is -0.369 e. The fourth-order valence-corrected chi connectivity index (χ4v) is 1.55. The number of carbonyl (C=O) groups excluding carboxylic acids is 2. The molecule has 0 aromatic heterocycles. The molecule has 104 valence electrons. The highest BCUT2D eigenvalue weighted by Gasteiger charge is 2.19. The molecule has 0 aliphatic carbocycles. The fourth-order valence-electron chi connectivity index (χ4n) is 1.55. The first-order valence-electron chi connectivity index (χ1n) is 6.02. The van der Waals surface area contributed by atoms with Gasteiger partial charge in [-0.15, -0.1) is 0 Å². The second-order valence-electron chi connectivity index (χ2n) is 4.45. The first kappa shape index (κ1) is 15.1. The highest BCUT2D eigenvalue weighted by molar-refractivity contribution is 5.94. The molecule has 19 heavy (non-hydrogen) atoms. The van der Waals surface area contributed by atoms with Gasteiger partial charge < -0.3 is 16.8 Å². The van der Waals surface area contributed by atoms with Gasteiger partial charge in [0.2, 0.25) is 11.8 Å². The van der Waals surface area contributed by atoms with Crippen LogP contribution in [0, 0.1) is 0 Å². The normalized spacial score (nSPS) is 12.2. The molecular formula is C13H20N4O2. The van der Waals surface area contributed by atoms with Crippen LogP contribution in [0.2, 0.25) is 0 Å². The Balaban J connectivity index is 2.60. The van der Waals surface area contributed by atoms with Gasteiger partial charge in [-0.3, -0.25) is 14.5 Å². The lowest BCUT2D eigenvalue weighted by Crippen LogP contribution is -2.43. The number of anilines is 1. The molecule has 1 atom stereocenters. The van der Waals surface area contributed by atoms with Crippen molar-refractivity contribution in [2.45, 2.75) is 19.5 Å². The minimum atomic E-state index is -0.463. The van der Waals surface area contributed by atoms with E-state index in [1.807, 2.05) is 12.1 Å². The van der Waals surface area contributed by atoms with Crippen LogP contribution in [0.1, 0.15) is 12.5 Å². The molecule has 6 heteroatoms. The van der Waals surface area contributed by atoms with Crippen LogP contribution in [0.4, 0.5) is 5.69 Å². The first-order valence-corrected chi connectivity index (χ1v) is 6.02. The van der Waals surface area contributed by atoms with Gasteiger partial charge in [-0.25, -0.2) is 0 Å². The predicted octanol–water partition coefficient (Wildman–Crippen LogP) is -0.111. The van der Waals surface area contributed by atoms with Gasteiger partial charge in [0.25, 0.3) is 0 Å². The Hall–Kier alpha value is -1.92. The monoisotopic (exact) mass is 264 g/mol. The molecule has 0 aliphatic heterocycles. The highest BCUT2D eigenvalue weighted by Crippen LogP contribution is 2.10. The summed E-state index contributed by atoms with van der Waals surface area (Å²) in [4.78, 5) is 24.4. The molecule has 1 rings (SSSR count). The summed E-state index contributed by atoms with van der Waals surface area (Å²) in [5.41, 5.74) is 12.3. The van der Waals surface area contributed by atoms with Crippen molar-refractivity contribution in [3.05, 3.63) is 29.8 Å². The maximum absolute atomic E-state index is 12.0. The zero-order valence-electron chi connectivity index (χ0n) is 11.2. The SMILES string of the molecule is CC(C(=O)Nc1ccc(CN)cc1)N(C)CC(N)=O. The summed E-state index contributed by atoms with van der Waals surface area (Å²) in [6.07, 6.45) is 0. The van der Waals surface area contributed by atoms with Gasteiger partial charge in [-0.1, -0.05) is 12.1 Å². The number of amides is 2. The number of nitrogens with two attached hydrogens (primary N) is 2. The summed E-state index contributed by atoms with van der Waals surface area (Å²) in [5.74, 6) is -0.654. The van der Waals surface area contributed by atoms with Crippen LogP contribution in [0.25, 0.3) is 0 Å². The molecule has 2 amide bonds. The van der Waals surface area contributed by atoms with E-state index >= 15 is 0 Å². The average Bonchev–Trinajstić information content (AvgIpc) is 2.37. The zero-order valence-corrected chi connectivity index (χ0v) is 11.2. The van der Waals surface area contributed by atoms with Crippen LogP contribution >= 0.6 is 0 Å². The number of benzene rings is 1. The van der Waals surface area contributed by atoms with Crippen LogP contribution in [0.3, 0.4) is 0 Å². The van der Waals surface area contributed by atoms with Gasteiger partial charge in [0.15, 0.2) is 0 Å². The molecule has 0 bridgehead atoms. The molecule has 0 heterocycles. The maximum atomic E-state index is 12.0. The van der Waals surface area contributed by atoms with Crippen LogP contribution in [0.5, 0.6) is 0 Å². The van der Waals surface area contributed by atoms with E-state index in [1.54, 1.807) is 31.0 Å². The van der Waals surface area contributed by atoms with Crippen molar-refractivity contribution in [2.75, 3.05) is 18.9 Å². The van der Waals surface area contributed by atoms with Gasteiger partial charge in [-0.2, -0.15) is 0 Å². The van der Waals surface area contributed by atoms with Gasteiger partial charge >= 0.3 is 0 Å². The summed E-state index contributed by atoms with van der Waals surface area (Å²) >= 11 is 0. The zero-order chi connectivity index (χ0) is 14.4. The Morgan fingerprint density at radius 1 is 1.32 bits per heavy atom. The third kappa shape index (κ3) is 4.69. The first-order chi connectivity index (χ1) is 8.93. The molecule has 0 saturated carbocycles. The van der Waals surface area contributed by atoms with E-state index in [4.69, 9.17) is 11.5 Å². The molecule has 0 fully saturated rings. The number of hydrogen-bond acceptors (Lipinski definition) is 4. The highest BCUT2D eigenvalue weighted by atomic mass is 16.2. The Kier molecular flexibility index (Phi) is 5.47. The van der Waals surface area contributed by atoms with E-state index in [9.17, 15) is 9.59 Å². The Labute approximate surface area is 112 Å². The lowest BCUT2D eigenvalue weighted by atomic mass is 10.2. The Bertz CT molecular complexity index is 444. The largest absolute Gasteiger partial charge is 0.369 e. The fraction of sp³-hybridized carbons (Fsp3) is 0.385. The number of carbonyl (C=O) groups is 2. The second kappa shape index (κ2) is 6.86. The van der Waals surface area contributed by atoms with E-state index in [1.165, 1.54) is 0 Å². The van der Waals surface area contributed by atoms with Gasteiger partial charge in [0, 0.05) is 12.2 Å². The van der Waals surface area contributed by atoms with Gasteiger partial charge in [-0.05, 0) is 31.7 Å². The molecule has 5 N–H and O–H groups in total. The third-order valence-electron chi connectivity index (χ3n) is 2.90. The maximum Gasteiger partial charge on any atom is 0.241 e. The van der Waals surface area contributed by atoms with Crippen LogP contribution in [-0.4, -0.2) is 36.3 Å². The number of nitrogens with one attached hydrogen (secondary N) is 1. The number of likely N-dealkylation sites (N-methyl/N-ethyl adjacent to an activating group) is 1. The molecule has 0 saturated heterocycles. The minimum absolute atomic E-state index is 0.0424. The molecule has 1 aromatic rings. The molecule has 0 aliphatic rings. The standard InChI is InChI=1S/C13H20N4O2/c1-9(17(2)8-12(15)18)13(19)16-11-5-3-10(7-14)4-6-11/h3-6,9H,7-8,14H2,1-2H3,(H2,15,18)(H,16,19). The van der Waals surface area contributed by atoms with Crippen molar-refractivity contribution in [3.63, 3.8) is 0 Å². The van der Waals surface area contributed by atoms with E-state index in [0.717, 1.165) is 5.56 Å². The lowest BCUT2D eigenvalue weighted by molar-refractivity contribution is -0.123. The number of nitrogens with zero attached hydrogens (tertiary/aromatic N) is 1. The van der Waals surface area contributed by atoms with Crippen LogP contribution in [0.15, 0.2) is 24.3 Å². The smallest absolute Gasteiger partial charge is 0.241 e. The summed E-state index contributed by atoms with van der Waals surface area (Å²) in [7, 11) is 1.67. The molecular weight excluding hydrogens is 244 g/mol. The Morgan fingerprint density at radius 3 is 2.37 bits per heavy atom. The molecule has 6 nitrogen and oxygen atoms in total. The molecule has 1 unspecified atom stereocenters. The van der Waals surface area contributed by atoms with Crippen molar-refractivity contribution in [1.29, 1.82) is 0 Å². The van der Waals surface area contributed by atoms with Gasteiger partial charge in [0.1, 0.15) is 0 Å². The van der Waals surface area contributed by atoms with Crippen molar-refractivity contribution in [1.82, 2.24) is 4.90 Å². The predicted molar refractivity (Wildman–Crippen MR) is 74.2 cm³/mol. The van der Waals surface area contributed by atoms with E-state index in [0.29, 0.717) is 12.2 Å². The van der Waals surface area contributed by atoms with Crippen molar-refractivity contribution in [2.24, 2.45) is 11.5 Å². The summed E-state index contributed by atoms with van der Waals surface area (Å²) in [5, 5.41) is 2.77.